The Morgan fingerprint density at radius 2 is 2.29 bits per heavy atom. The second kappa shape index (κ2) is 3.02. The largest absolute Gasteiger partial charge is 0.475 e. The van der Waals surface area contributed by atoms with E-state index in [1.54, 1.807) is 19.1 Å². The number of aromatic nitrogens is 1. The van der Waals surface area contributed by atoms with Crippen LogP contribution in [0.25, 0.3) is 11.5 Å². The average molecular weight is 193 g/mol. The molecule has 1 N–H and O–H groups in total. The molecule has 0 spiro atoms. The summed E-state index contributed by atoms with van der Waals surface area (Å²) in [6.07, 6.45) is 0. The molecule has 0 aliphatic carbocycles. The van der Waals surface area contributed by atoms with Crippen molar-refractivity contribution in [2.45, 2.75) is 6.92 Å². The van der Waals surface area contributed by atoms with Gasteiger partial charge in [-0.15, -0.1) is 0 Å². The summed E-state index contributed by atoms with van der Waals surface area (Å²) in [5.74, 6) is -0.111. The number of nitrogens with zero attached hydrogens (tertiary/aromatic N) is 1. The first kappa shape index (κ1) is 8.55. The Morgan fingerprint density at radius 1 is 1.50 bits per heavy atom. The van der Waals surface area contributed by atoms with Gasteiger partial charge in [-0.1, -0.05) is 5.16 Å². The van der Waals surface area contributed by atoms with Gasteiger partial charge in [0.25, 0.3) is 0 Å². The smallest absolute Gasteiger partial charge is 0.374 e. The fraction of sp³-hybridized carbons (Fsp3) is 0.111. The van der Waals surface area contributed by atoms with Gasteiger partial charge in [0.05, 0.1) is 0 Å². The molecule has 2 aromatic heterocycles. The topological polar surface area (TPSA) is 76.5 Å². The van der Waals surface area contributed by atoms with Gasteiger partial charge in [0.15, 0.2) is 5.76 Å². The Hall–Kier alpha value is -2.04. The number of carboxylic acids is 1. The summed E-state index contributed by atoms with van der Waals surface area (Å²) < 4.78 is 9.83. The van der Waals surface area contributed by atoms with Crippen molar-refractivity contribution in [3.05, 3.63) is 29.7 Å². The monoisotopic (exact) mass is 193 g/mol. The van der Waals surface area contributed by atoms with Crippen LogP contribution >= 0.6 is 0 Å². The first-order valence-corrected chi connectivity index (χ1v) is 3.93. The summed E-state index contributed by atoms with van der Waals surface area (Å²) in [4.78, 5) is 10.5. The number of carboxylic acid groups (broad SMARTS) is 1. The van der Waals surface area contributed by atoms with Crippen LogP contribution in [0.2, 0.25) is 0 Å². The standard InChI is InChI=1S/C9H7NO4/c1-5-2-3-7(13-5)6-4-8(9(11)12)14-10-6/h2-4H,1H3,(H,11,12). The fourth-order valence-corrected chi connectivity index (χ4v) is 1.06. The van der Waals surface area contributed by atoms with Crippen molar-refractivity contribution in [3.63, 3.8) is 0 Å². The van der Waals surface area contributed by atoms with Crippen molar-refractivity contribution in [1.82, 2.24) is 5.16 Å². The van der Waals surface area contributed by atoms with Crippen LogP contribution in [-0.2, 0) is 0 Å². The fourth-order valence-electron chi connectivity index (χ4n) is 1.06. The van der Waals surface area contributed by atoms with E-state index in [1.807, 2.05) is 0 Å². The van der Waals surface area contributed by atoms with E-state index in [-0.39, 0.29) is 5.76 Å². The van der Waals surface area contributed by atoms with E-state index in [0.29, 0.717) is 11.5 Å². The van der Waals surface area contributed by atoms with E-state index in [4.69, 9.17) is 9.52 Å². The van der Waals surface area contributed by atoms with Crippen molar-refractivity contribution >= 4 is 5.97 Å². The summed E-state index contributed by atoms with van der Waals surface area (Å²) >= 11 is 0. The average Bonchev–Trinajstić information content (AvgIpc) is 2.70. The molecular formula is C9H7NO4. The van der Waals surface area contributed by atoms with Gasteiger partial charge in [0, 0.05) is 6.07 Å². The molecule has 2 aromatic rings. The Kier molecular flexibility index (Phi) is 1.85. The molecule has 5 heteroatoms. The number of carbonyl (C=O) groups is 1. The zero-order valence-electron chi connectivity index (χ0n) is 7.35. The van der Waals surface area contributed by atoms with Crippen molar-refractivity contribution in [1.29, 1.82) is 0 Å². The summed E-state index contributed by atoms with van der Waals surface area (Å²) in [5.41, 5.74) is 0.385. The van der Waals surface area contributed by atoms with Gasteiger partial charge in [-0.2, -0.15) is 0 Å². The highest BCUT2D eigenvalue weighted by Crippen LogP contribution is 2.21. The molecule has 0 amide bonds. The zero-order chi connectivity index (χ0) is 10.1. The predicted octanol–water partition coefficient (Wildman–Crippen LogP) is 1.94. The van der Waals surface area contributed by atoms with Crippen LogP contribution in [0.3, 0.4) is 0 Å². The molecule has 2 heterocycles. The van der Waals surface area contributed by atoms with Crippen LogP contribution in [0.4, 0.5) is 0 Å². The first-order valence-electron chi connectivity index (χ1n) is 3.93. The summed E-state index contributed by atoms with van der Waals surface area (Å²) in [6.45, 7) is 1.79. The number of aromatic carboxylic acids is 1. The lowest BCUT2D eigenvalue weighted by Crippen LogP contribution is -1.91. The van der Waals surface area contributed by atoms with E-state index < -0.39 is 5.97 Å². The number of hydrogen-bond donors (Lipinski definition) is 1. The SMILES string of the molecule is Cc1ccc(-c2cc(C(=O)O)on2)o1. The molecule has 5 nitrogen and oxygen atoms in total. The minimum absolute atomic E-state index is 0.200. The maximum atomic E-state index is 10.5. The molecule has 0 aromatic carbocycles. The number of rotatable bonds is 2. The minimum Gasteiger partial charge on any atom is -0.475 e. The molecule has 0 unspecified atom stereocenters. The van der Waals surface area contributed by atoms with Crippen LogP contribution in [0.15, 0.2) is 27.1 Å². The lowest BCUT2D eigenvalue weighted by Gasteiger charge is -1.84. The zero-order valence-corrected chi connectivity index (χ0v) is 7.35. The highest BCUT2D eigenvalue weighted by Gasteiger charge is 2.14. The van der Waals surface area contributed by atoms with E-state index in [2.05, 4.69) is 9.68 Å². The molecule has 2 rings (SSSR count). The van der Waals surface area contributed by atoms with E-state index in [0.717, 1.165) is 5.76 Å². The Morgan fingerprint density at radius 3 is 2.79 bits per heavy atom. The Labute approximate surface area is 78.9 Å². The lowest BCUT2D eigenvalue weighted by atomic mass is 10.3. The molecule has 0 fully saturated rings. The first-order chi connectivity index (χ1) is 6.66. The van der Waals surface area contributed by atoms with Crippen molar-refractivity contribution < 1.29 is 18.8 Å². The quantitative estimate of drug-likeness (QED) is 0.788. The maximum Gasteiger partial charge on any atom is 0.374 e. The highest BCUT2D eigenvalue weighted by molar-refractivity contribution is 5.85. The van der Waals surface area contributed by atoms with Crippen molar-refractivity contribution in [2.75, 3.05) is 0 Å². The van der Waals surface area contributed by atoms with Crippen molar-refractivity contribution in [2.24, 2.45) is 0 Å². The number of furan rings is 1. The van der Waals surface area contributed by atoms with E-state index >= 15 is 0 Å². The normalized spacial score (nSPS) is 10.4. The molecule has 0 saturated carbocycles. The van der Waals surface area contributed by atoms with Gasteiger partial charge in [-0.25, -0.2) is 4.79 Å². The van der Waals surface area contributed by atoms with Gasteiger partial charge in [0.1, 0.15) is 11.5 Å². The lowest BCUT2D eigenvalue weighted by molar-refractivity contribution is 0.0652. The molecular weight excluding hydrogens is 186 g/mol. The number of hydrogen-bond acceptors (Lipinski definition) is 4. The van der Waals surface area contributed by atoms with Gasteiger partial charge in [-0.05, 0) is 19.1 Å². The second-order valence-corrected chi connectivity index (χ2v) is 2.79. The summed E-state index contributed by atoms with van der Waals surface area (Å²) in [5, 5.41) is 12.2. The third-order valence-electron chi connectivity index (χ3n) is 1.71. The molecule has 0 aliphatic heterocycles. The molecule has 14 heavy (non-hydrogen) atoms. The van der Waals surface area contributed by atoms with Crippen molar-refractivity contribution in [3.8, 4) is 11.5 Å². The Balaban J connectivity index is 2.38. The molecule has 72 valence electrons. The van der Waals surface area contributed by atoms with E-state index in [1.165, 1.54) is 6.07 Å². The van der Waals surface area contributed by atoms with Gasteiger partial charge >= 0.3 is 5.97 Å². The molecule has 0 radical (unpaired) electrons. The van der Waals surface area contributed by atoms with Gasteiger partial charge < -0.3 is 14.0 Å². The third-order valence-corrected chi connectivity index (χ3v) is 1.71. The second-order valence-electron chi connectivity index (χ2n) is 2.79. The van der Waals surface area contributed by atoms with Gasteiger partial charge in [-0.3, -0.25) is 0 Å². The highest BCUT2D eigenvalue weighted by atomic mass is 16.5. The summed E-state index contributed by atoms with van der Waals surface area (Å²) in [7, 11) is 0. The van der Waals surface area contributed by atoms with E-state index in [9.17, 15) is 4.79 Å². The van der Waals surface area contributed by atoms with Crippen LogP contribution < -0.4 is 0 Å². The predicted molar refractivity (Wildman–Crippen MR) is 45.9 cm³/mol. The molecule has 0 atom stereocenters. The minimum atomic E-state index is -1.15. The van der Waals surface area contributed by atoms with Gasteiger partial charge in [0.2, 0.25) is 5.76 Å². The van der Waals surface area contributed by atoms with Crippen LogP contribution in [0.1, 0.15) is 16.3 Å². The van der Waals surface area contributed by atoms with Crippen LogP contribution in [-0.4, -0.2) is 16.2 Å². The molecule has 0 bridgehead atoms. The summed E-state index contributed by atoms with van der Waals surface area (Å²) in [6, 6.07) is 4.80. The number of aryl methyl sites for hydroxylation is 1. The van der Waals surface area contributed by atoms with Crippen LogP contribution in [0.5, 0.6) is 0 Å². The Bertz CT molecular complexity index is 469. The third kappa shape index (κ3) is 1.39. The van der Waals surface area contributed by atoms with Crippen LogP contribution in [0, 0.1) is 6.92 Å². The molecule has 0 aliphatic rings. The molecule has 0 saturated heterocycles. The maximum absolute atomic E-state index is 10.5.